The van der Waals surface area contributed by atoms with Gasteiger partial charge < -0.3 is 4.57 Å². The van der Waals surface area contributed by atoms with Crippen LogP contribution < -0.4 is 5.56 Å². The molecule has 1 heterocycles. The molecule has 2 aromatic rings. The van der Waals surface area contributed by atoms with E-state index in [4.69, 9.17) is 11.6 Å². The number of benzene rings is 1. The van der Waals surface area contributed by atoms with Gasteiger partial charge in [0.1, 0.15) is 0 Å². The second kappa shape index (κ2) is 3.29. The molecule has 0 spiro atoms. The maximum absolute atomic E-state index is 11.7. The monoisotopic (exact) mass is 226 g/mol. The molecule has 0 fully saturated rings. The molecule has 0 atom stereocenters. The molecule has 5 heteroatoms. The van der Waals surface area contributed by atoms with Gasteiger partial charge in [0.2, 0.25) is 0 Å². The van der Waals surface area contributed by atoms with E-state index in [2.05, 4.69) is 17.6 Å². The SMILES string of the molecule is Cn1cnc2ccc(S)c(Cl)c2c1=O. The quantitative estimate of drug-likeness (QED) is 0.696. The lowest BCUT2D eigenvalue weighted by Crippen LogP contribution is -2.17. The van der Waals surface area contributed by atoms with Crippen molar-refractivity contribution in [1.82, 2.24) is 9.55 Å². The fourth-order valence-electron chi connectivity index (χ4n) is 1.24. The topological polar surface area (TPSA) is 34.9 Å². The van der Waals surface area contributed by atoms with Gasteiger partial charge in [-0.05, 0) is 12.1 Å². The summed E-state index contributed by atoms with van der Waals surface area (Å²) in [7, 11) is 1.64. The number of nitrogens with zero attached hydrogens (tertiary/aromatic N) is 2. The number of aryl methyl sites for hydroxylation is 1. The molecule has 0 saturated carbocycles. The van der Waals surface area contributed by atoms with Crippen LogP contribution in [0.3, 0.4) is 0 Å². The van der Waals surface area contributed by atoms with Gasteiger partial charge in [0.05, 0.1) is 22.3 Å². The summed E-state index contributed by atoms with van der Waals surface area (Å²) in [5.74, 6) is 0. The largest absolute Gasteiger partial charge is 0.302 e. The molecular formula is C9H7ClN2OS. The van der Waals surface area contributed by atoms with Crippen molar-refractivity contribution < 1.29 is 0 Å². The Labute approximate surface area is 90.7 Å². The summed E-state index contributed by atoms with van der Waals surface area (Å²) in [6, 6.07) is 3.45. The second-order valence-corrected chi connectivity index (χ2v) is 3.81. The van der Waals surface area contributed by atoms with Crippen molar-refractivity contribution >= 4 is 35.1 Å². The van der Waals surface area contributed by atoms with E-state index < -0.39 is 0 Å². The maximum Gasteiger partial charge on any atom is 0.262 e. The van der Waals surface area contributed by atoms with Crippen LogP contribution in [-0.4, -0.2) is 9.55 Å². The lowest BCUT2D eigenvalue weighted by molar-refractivity contribution is 0.842. The molecule has 0 radical (unpaired) electrons. The molecule has 14 heavy (non-hydrogen) atoms. The van der Waals surface area contributed by atoms with Crippen LogP contribution in [0.15, 0.2) is 28.2 Å². The third-order valence-corrected chi connectivity index (χ3v) is 2.90. The third kappa shape index (κ3) is 1.31. The fourth-order valence-corrected chi connectivity index (χ4v) is 1.67. The predicted molar refractivity (Wildman–Crippen MR) is 59.2 cm³/mol. The van der Waals surface area contributed by atoms with Gasteiger partial charge in [0.25, 0.3) is 5.56 Å². The standard InChI is InChI=1S/C9H7ClN2OS/c1-12-4-11-5-2-3-6(14)8(10)7(5)9(12)13/h2-4,14H,1H3. The first kappa shape index (κ1) is 9.55. The second-order valence-electron chi connectivity index (χ2n) is 2.95. The highest BCUT2D eigenvalue weighted by Crippen LogP contribution is 2.25. The van der Waals surface area contributed by atoms with E-state index in [9.17, 15) is 4.79 Å². The number of thiol groups is 1. The Hall–Kier alpha value is -1.00. The summed E-state index contributed by atoms with van der Waals surface area (Å²) in [6.07, 6.45) is 1.47. The molecule has 0 saturated heterocycles. The smallest absolute Gasteiger partial charge is 0.262 e. The van der Waals surface area contributed by atoms with Gasteiger partial charge in [0.15, 0.2) is 0 Å². The zero-order valence-corrected chi connectivity index (χ0v) is 9.01. The minimum atomic E-state index is -0.157. The van der Waals surface area contributed by atoms with Gasteiger partial charge in [-0.25, -0.2) is 4.98 Å². The Balaban J connectivity index is 3.06. The zero-order chi connectivity index (χ0) is 10.3. The van der Waals surface area contributed by atoms with Gasteiger partial charge >= 0.3 is 0 Å². The van der Waals surface area contributed by atoms with Crippen molar-refractivity contribution in [2.75, 3.05) is 0 Å². The zero-order valence-electron chi connectivity index (χ0n) is 7.36. The Morgan fingerprint density at radius 3 is 2.93 bits per heavy atom. The highest BCUT2D eigenvalue weighted by molar-refractivity contribution is 7.80. The van der Waals surface area contributed by atoms with E-state index in [1.807, 2.05) is 0 Å². The van der Waals surface area contributed by atoms with Crippen LogP contribution in [0.5, 0.6) is 0 Å². The first-order chi connectivity index (χ1) is 6.61. The van der Waals surface area contributed by atoms with Crippen LogP contribution in [0.4, 0.5) is 0 Å². The Morgan fingerprint density at radius 1 is 1.50 bits per heavy atom. The lowest BCUT2D eigenvalue weighted by atomic mass is 10.2. The van der Waals surface area contributed by atoms with E-state index in [0.717, 1.165) is 0 Å². The summed E-state index contributed by atoms with van der Waals surface area (Å²) < 4.78 is 1.39. The summed E-state index contributed by atoms with van der Waals surface area (Å²) in [4.78, 5) is 16.4. The van der Waals surface area contributed by atoms with Gasteiger partial charge in [-0.1, -0.05) is 11.6 Å². The third-order valence-electron chi connectivity index (χ3n) is 2.00. The highest BCUT2D eigenvalue weighted by Gasteiger charge is 2.08. The van der Waals surface area contributed by atoms with E-state index in [1.54, 1.807) is 19.2 Å². The Kier molecular flexibility index (Phi) is 2.25. The first-order valence-corrected chi connectivity index (χ1v) is 4.76. The number of fused-ring (bicyclic) bond motifs is 1. The minimum Gasteiger partial charge on any atom is -0.302 e. The van der Waals surface area contributed by atoms with Crippen LogP contribution in [0.2, 0.25) is 5.02 Å². The molecule has 0 amide bonds. The maximum atomic E-state index is 11.7. The average molecular weight is 227 g/mol. The van der Waals surface area contributed by atoms with E-state index in [1.165, 1.54) is 10.9 Å². The van der Waals surface area contributed by atoms with Gasteiger partial charge in [-0.3, -0.25) is 4.79 Å². The van der Waals surface area contributed by atoms with Crippen LogP contribution in [0.1, 0.15) is 0 Å². The molecule has 1 aromatic carbocycles. The van der Waals surface area contributed by atoms with E-state index in [0.29, 0.717) is 20.8 Å². The van der Waals surface area contributed by atoms with Crippen molar-refractivity contribution in [3.8, 4) is 0 Å². The van der Waals surface area contributed by atoms with Crippen molar-refractivity contribution in [3.05, 3.63) is 33.8 Å². The highest BCUT2D eigenvalue weighted by atomic mass is 35.5. The minimum absolute atomic E-state index is 0.157. The van der Waals surface area contributed by atoms with E-state index in [-0.39, 0.29) is 5.56 Å². The van der Waals surface area contributed by atoms with Crippen molar-refractivity contribution in [1.29, 1.82) is 0 Å². The molecule has 0 aliphatic rings. The normalized spacial score (nSPS) is 10.8. The number of halogens is 1. The van der Waals surface area contributed by atoms with Crippen LogP contribution in [-0.2, 0) is 7.05 Å². The Bertz CT molecular complexity index is 559. The van der Waals surface area contributed by atoms with Gasteiger partial charge in [-0.15, -0.1) is 12.6 Å². The molecule has 0 unspecified atom stereocenters. The molecule has 0 bridgehead atoms. The molecule has 1 aromatic heterocycles. The number of aromatic nitrogens is 2. The summed E-state index contributed by atoms with van der Waals surface area (Å²) >= 11 is 10.1. The van der Waals surface area contributed by atoms with Crippen molar-refractivity contribution in [3.63, 3.8) is 0 Å². The number of hydrogen-bond donors (Lipinski definition) is 1. The van der Waals surface area contributed by atoms with Gasteiger partial charge in [-0.2, -0.15) is 0 Å². The number of rotatable bonds is 0. The molecule has 0 N–H and O–H groups in total. The number of hydrogen-bond acceptors (Lipinski definition) is 3. The molecule has 3 nitrogen and oxygen atoms in total. The lowest BCUT2D eigenvalue weighted by Gasteiger charge is -2.03. The van der Waals surface area contributed by atoms with Crippen molar-refractivity contribution in [2.45, 2.75) is 4.90 Å². The average Bonchev–Trinajstić information content (AvgIpc) is 2.17. The van der Waals surface area contributed by atoms with Crippen LogP contribution in [0, 0.1) is 0 Å². The van der Waals surface area contributed by atoms with Crippen LogP contribution >= 0.6 is 24.2 Å². The molecule has 72 valence electrons. The molecule has 0 aliphatic carbocycles. The first-order valence-electron chi connectivity index (χ1n) is 3.94. The van der Waals surface area contributed by atoms with E-state index >= 15 is 0 Å². The summed E-state index contributed by atoms with van der Waals surface area (Å²) in [5.41, 5.74) is 0.437. The Morgan fingerprint density at radius 2 is 2.21 bits per heavy atom. The fraction of sp³-hybridized carbons (Fsp3) is 0.111. The molecule has 2 rings (SSSR count). The van der Waals surface area contributed by atoms with Crippen LogP contribution in [0.25, 0.3) is 10.9 Å². The van der Waals surface area contributed by atoms with Gasteiger partial charge in [0, 0.05) is 11.9 Å². The van der Waals surface area contributed by atoms with Crippen molar-refractivity contribution in [2.24, 2.45) is 7.05 Å². The summed E-state index contributed by atoms with van der Waals surface area (Å²) in [5, 5.41) is 0.781. The molecule has 0 aliphatic heterocycles. The summed E-state index contributed by atoms with van der Waals surface area (Å²) in [6.45, 7) is 0. The predicted octanol–water partition coefficient (Wildman–Crippen LogP) is 1.88. The molecular weight excluding hydrogens is 220 g/mol.